The van der Waals surface area contributed by atoms with Crippen LogP contribution >= 0.6 is 11.6 Å². The van der Waals surface area contributed by atoms with Gasteiger partial charge in [-0.2, -0.15) is 0 Å². The van der Waals surface area contributed by atoms with Crippen LogP contribution < -0.4 is 10.1 Å². The number of hydrogen-bond acceptors (Lipinski definition) is 5. The first-order chi connectivity index (χ1) is 15.4. The van der Waals surface area contributed by atoms with Gasteiger partial charge in [-0.15, -0.1) is 0 Å². The summed E-state index contributed by atoms with van der Waals surface area (Å²) in [5.74, 6) is -0.387. The summed E-state index contributed by atoms with van der Waals surface area (Å²) in [5.41, 5.74) is 4.29. The van der Waals surface area contributed by atoms with Gasteiger partial charge in [-0.25, -0.2) is 4.39 Å². The third kappa shape index (κ3) is 4.47. The number of aromatic nitrogens is 1. The summed E-state index contributed by atoms with van der Waals surface area (Å²) in [5, 5.41) is 14.1. The van der Waals surface area contributed by atoms with Crippen molar-refractivity contribution >= 4 is 33.9 Å². The fraction of sp³-hybridized carbons (Fsp3) is 0.160. The molecule has 4 aromatic rings. The maximum atomic E-state index is 15.0. The molecule has 0 radical (unpaired) electrons. The van der Waals surface area contributed by atoms with Crippen molar-refractivity contribution in [2.45, 2.75) is 6.54 Å². The predicted molar refractivity (Wildman–Crippen MR) is 127 cm³/mol. The molecule has 0 bridgehead atoms. The van der Waals surface area contributed by atoms with Crippen molar-refractivity contribution in [2.75, 3.05) is 26.5 Å². The van der Waals surface area contributed by atoms with Gasteiger partial charge in [-0.05, 0) is 73.3 Å². The standard InChI is InChI=1S/C25H23ClFN3O2/c1-30(2)14-15-4-6-18(7-5-15)29-22-8-9-28-24-19(22)10-16(12-21(24)27)17-11-20(26)25(31)23(13-17)32-3/h4-13,31H,14H2,1-3H3,(H,28,29). The van der Waals surface area contributed by atoms with Crippen molar-refractivity contribution in [1.29, 1.82) is 0 Å². The van der Waals surface area contributed by atoms with E-state index in [1.54, 1.807) is 18.3 Å². The number of aromatic hydroxyl groups is 1. The Morgan fingerprint density at radius 1 is 1.06 bits per heavy atom. The van der Waals surface area contributed by atoms with Gasteiger partial charge in [0, 0.05) is 29.5 Å². The summed E-state index contributed by atoms with van der Waals surface area (Å²) in [6, 6.07) is 16.4. The van der Waals surface area contributed by atoms with E-state index in [0.29, 0.717) is 16.5 Å². The van der Waals surface area contributed by atoms with Crippen LogP contribution in [0.2, 0.25) is 5.02 Å². The molecule has 0 aliphatic rings. The molecule has 0 spiro atoms. The molecule has 0 atom stereocenters. The number of phenolic OH excluding ortho intramolecular Hbond substituents is 1. The van der Waals surface area contributed by atoms with E-state index < -0.39 is 5.82 Å². The van der Waals surface area contributed by atoms with E-state index in [-0.39, 0.29) is 22.0 Å². The van der Waals surface area contributed by atoms with Gasteiger partial charge in [-0.3, -0.25) is 4.98 Å². The molecular formula is C25H23ClFN3O2. The second-order valence-corrected chi connectivity index (χ2v) is 8.19. The minimum absolute atomic E-state index is 0.127. The van der Waals surface area contributed by atoms with Crippen molar-refractivity contribution in [2.24, 2.45) is 0 Å². The first-order valence-electron chi connectivity index (χ1n) is 10.0. The number of nitrogens with one attached hydrogen (secondary N) is 1. The van der Waals surface area contributed by atoms with E-state index in [2.05, 4.69) is 27.3 Å². The van der Waals surface area contributed by atoms with Crippen molar-refractivity contribution in [3.05, 3.63) is 77.2 Å². The first-order valence-corrected chi connectivity index (χ1v) is 10.4. The van der Waals surface area contributed by atoms with E-state index in [1.807, 2.05) is 38.4 Å². The Bertz CT molecular complexity index is 1280. The molecule has 0 unspecified atom stereocenters. The number of phenols is 1. The fourth-order valence-corrected chi connectivity index (χ4v) is 3.81. The molecule has 0 saturated heterocycles. The third-order valence-corrected chi connectivity index (χ3v) is 5.40. The summed E-state index contributed by atoms with van der Waals surface area (Å²) in [6.45, 7) is 0.853. The second-order valence-electron chi connectivity index (χ2n) is 7.78. The van der Waals surface area contributed by atoms with Crippen molar-refractivity contribution in [3.8, 4) is 22.6 Å². The second kappa shape index (κ2) is 9.02. The fourth-order valence-electron chi connectivity index (χ4n) is 3.60. The Kier molecular flexibility index (Phi) is 6.17. The number of benzene rings is 3. The van der Waals surface area contributed by atoms with Crippen LogP contribution in [-0.4, -0.2) is 36.2 Å². The number of methoxy groups -OCH3 is 1. The highest BCUT2D eigenvalue weighted by atomic mass is 35.5. The average Bonchev–Trinajstić information content (AvgIpc) is 2.77. The maximum Gasteiger partial charge on any atom is 0.176 e. The average molecular weight is 452 g/mol. The largest absolute Gasteiger partial charge is 0.503 e. The highest BCUT2D eigenvalue weighted by Gasteiger charge is 2.14. The zero-order chi connectivity index (χ0) is 22.8. The lowest BCUT2D eigenvalue weighted by molar-refractivity contribution is 0.374. The quantitative estimate of drug-likeness (QED) is 0.365. The minimum Gasteiger partial charge on any atom is -0.503 e. The lowest BCUT2D eigenvalue weighted by atomic mass is 10.0. The zero-order valence-corrected chi connectivity index (χ0v) is 18.7. The van der Waals surface area contributed by atoms with E-state index in [0.717, 1.165) is 17.9 Å². The molecular weight excluding hydrogens is 429 g/mol. The molecule has 164 valence electrons. The molecule has 0 aliphatic carbocycles. The van der Waals surface area contributed by atoms with E-state index in [9.17, 15) is 9.50 Å². The third-order valence-electron chi connectivity index (χ3n) is 5.11. The van der Waals surface area contributed by atoms with Crippen molar-refractivity contribution in [3.63, 3.8) is 0 Å². The van der Waals surface area contributed by atoms with Crippen LogP contribution in [0.25, 0.3) is 22.0 Å². The van der Waals surface area contributed by atoms with Crippen LogP contribution in [0, 0.1) is 5.82 Å². The van der Waals surface area contributed by atoms with Crippen molar-refractivity contribution in [1.82, 2.24) is 9.88 Å². The van der Waals surface area contributed by atoms with Crippen LogP contribution in [0.5, 0.6) is 11.5 Å². The molecule has 32 heavy (non-hydrogen) atoms. The van der Waals surface area contributed by atoms with Crippen LogP contribution in [-0.2, 0) is 6.54 Å². The van der Waals surface area contributed by atoms with Crippen LogP contribution in [0.15, 0.2) is 60.8 Å². The van der Waals surface area contributed by atoms with Crippen LogP contribution in [0.1, 0.15) is 5.56 Å². The molecule has 3 aromatic carbocycles. The molecule has 0 amide bonds. The molecule has 2 N–H and O–H groups in total. The number of hydrogen-bond donors (Lipinski definition) is 2. The highest BCUT2D eigenvalue weighted by Crippen LogP contribution is 2.40. The monoisotopic (exact) mass is 451 g/mol. The van der Waals surface area contributed by atoms with Crippen LogP contribution in [0.4, 0.5) is 15.8 Å². The molecule has 1 aromatic heterocycles. The van der Waals surface area contributed by atoms with Gasteiger partial charge in [-0.1, -0.05) is 23.7 Å². The number of nitrogens with zero attached hydrogens (tertiary/aromatic N) is 2. The van der Waals surface area contributed by atoms with E-state index in [4.69, 9.17) is 16.3 Å². The smallest absolute Gasteiger partial charge is 0.176 e. The van der Waals surface area contributed by atoms with Gasteiger partial charge in [0.15, 0.2) is 11.5 Å². The lowest BCUT2D eigenvalue weighted by Crippen LogP contribution is -2.10. The van der Waals surface area contributed by atoms with Gasteiger partial charge >= 0.3 is 0 Å². The molecule has 1 heterocycles. The zero-order valence-electron chi connectivity index (χ0n) is 18.0. The number of fused-ring (bicyclic) bond motifs is 1. The van der Waals surface area contributed by atoms with Gasteiger partial charge in [0.2, 0.25) is 0 Å². The first kappa shape index (κ1) is 21.9. The minimum atomic E-state index is -0.453. The van der Waals surface area contributed by atoms with Gasteiger partial charge in [0.1, 0.15) is 11.3 Å². The van der Waals surface area contributed by atoms with Gasteiger partial charge < -0.3 is 20.1 Å². The number of anilines is 2. The SMILES string of the molecule is COc1cc(-c2cc(F)c3nccc(Nc4ccc(CN(C)C)cc4)c3c2)cc(Cl)c1O. The Hall–Kier alpha value is -3.35. The summed E-state index contributed by atoms with van der Waals surface area (Å²) in [4.78, 5) is 6.32. The van der Waals surface area contributed by atoms with E-state index >= 15 is 0 Å². The summed E-state index contributed by atoms with van der Waals surface area (Å²) >= 11 is 6.14. The molecule has 7 heteroatoms. The molecule has 0 aliphatic heterocycles. The number of pyridine rings is 1. The van der Waals surface area contributed by atoms with Crippen LogP contribution in [0.3, 0.4) is 0 Å². The van der Waals surface area contributed by atoms with Gasteiger partial charge in [0.05, 0.1) is 12.1 Å². The predicted octanol–water partition coefficient (Wildman–Crippen LogP) is 6.21. The van der Waals surface area contributed by atoms with E-state index in [1.165, 1.54) is 18.7 Å². The summed E-state index contributed by atoms with van der Waals surface area (Å²) < 4.78 is 20.2. The summed E-state index contributed by atoms with van der Waals surface area (Å²) in [7, 11) is 5.49. The van der Waals surface area contributed by atoms with Crippen molar-refractivity contribution < 1.29 is 14.2 Å². The Morgan fingerprint density at radius 3 is 2.47 bits per heavy atom. The normalized spacial score (nSPS) is 11.2. The number of ether oxygens (including phenoxy) is 1. The highest BCUT2D eigenvalue weighted by molar-refractivity contribution is 6.32. The Labute approximate surface area is 191 Å². The maximum absolute atomic E-state index is 15.0. The molecule has 0 fully saturated rings. The molecule has 4 rings (SSSR count). The Morgan fingerprint density at radius 2 is 1.78 bits per heavy atom. The number of rotatable bonds is 6. The number of halogens is 2. The topological polar surface area (TPSA) is 57.6 Å². The summed E-state index contributed by atoms with van der Waals surface area (Å²) in [6.07, 6.45) is 1.58. The lowest BCUT2D eigenvalue weighted by Gasteiger charge is -2.14. The van der Waals surface area contributed by atoms with Gasteiger partial charge in [0.25, 0.3) is 0 Å². The Balaban J connectivity index is 1.75. The molecule has 0 saturated carbocycles. The molecule has 5 nitrogen and oxygen atoms in total.